The van der Waals surface area contributed by atoms with Gasteiger partial charge in [0.1, 0.15) is 17.7 Å². The number of nitriles is 1. The molecule has 4 atom stereocenters. The topological polar surface area (TPSA) is 116 Å². The highest BCUT2D eigenvalue weighted by Crippen LogP contribution is 2.45. The molecule has 1 aliphatic heterocycles. The fourth-order valence-electron chi connectivity index (χ4n) is 3.49. The summed E-state index contributed by atoms with van der Waals surface area (Å²) in [5.41, 5.74) is 3.51. The number of hydrogen-bond acceptors (Lipinski definition) is 4. The molecule has 26 heavy (non-hydrogen) atoms. The van der Waals surface area contributed by atoms with Gasteiger partial charge in [-0.05, 0) is 11.6 Å². The third kappa shape index (κ3) is 2.70. The first-order chi connectivity index (χ1) is 12.4. The average molecular weight is 353 g/mol. The van der Waals surface area contributed by atoms with Gasteiger partial charge >= 0.3 is 0 Å². The minimum atomic E-state index is -2.09. The second-order valence-electron chi connectivity index (χ2n) is 6.16. The minimum absolute atomic E-state index is 0.0212. The lowest BCUT2D eigenvalue weighted by molar-refractivity contribution is -0.153. The van der Waals surface area contributed by atoms with Crippen LogP contribution in [0.5, 0.6) is 0 Å². The highest BCUT2D eigenvalue weighted by molar-refractivity contribution is 6.01. The van der Waals surface area contributed by atoms with E-state index >= 15 is 0 Å². The average Bonchev–Trinajstić information content (AvgIpc) is 2.62. The van der Waals surface area contributed by atoms with Crippen molar-refractivity contribution in [2.24, 2.45) is 17.6 Å². The van der Waals surface area contributed by atoms with Crippen molar-refractivity contribution >= 4 is 11.8 Å². The van der Waals surface area contributed by atoms with Gasteiger partial charge in [-0.1, -0.05) is 48.5 Å². The molecule has 1 aliphatic rings. The molecule has 2 aromatic rings. The van der Waals surface area contributed by atoms with E-state index < -0.39 is 41.1 Å². The van der Waals surface area contributed by atoms with Crippen LogP contribution in [0.4, 0.5) is 4.39 Å². The van der Waals surface area contributed by atoms with Gasteiger partial charge in [0.25, 0.3) is 0 Å². The Morgan fingerprint density at radius 3 is 2.38 bits per heavy atom. The summed E-state index contributed by atoms with van der Waals surface area (Å²) in [6.45, 7) is 0. The highest BCUT2D eigenvalue weighted by atomic mass is 19.1. The van der Waals surface area contributed by atoms with Gasteiger partial charge in [0.2, 0.25) is 11.8 Å². The summed E-state index contributed by atoms with van der Waals surface area (Å²) in [5.74, 6) is -6.60. The number of aliphatic hydroxyl groups is 1. The molecule has 1 saturated heterocycles. The van der Waals surface area contributed by atoms with E-state index in [9.17, 15) is 24.3 Å². The van der Waals surface area contributed by atoms with Crippen LogP contribution in [0.2, 0.25) is 0 Å². The molecule has 3 rings (SSSR count). The number of primary amides is 1. The number of piperidine rings is 1. The maximum atomic E-state index is 14.4. The lowest BCUT2D eigenvalue weighted by Crippen LogP contribution is -2.62. The van der Waals surface area contributed by atoms with Gasteiger partial charge in [-0.15, -0.1) is 0 Å². The Kier molecular flexibility index (Phi) is 4.45. The van der Waals surface area contributed by atoms with Crippen molar-refractivity contribution in [2.75, 3.05) is 0 Å². The zero-order valence-electron chi connectivity index (χ0n) is 13.6. The van der Waals surface area contributed by atoms with Crippen molar-refractivity contribution in [3.63, 3.8) is 0 Å². The van der Waals surface area contributed by atoms with E-state index in [2.05, 4.69) is 5.32 Å². The predicted octanol–water partition coefficient (Wildman–Crippen LogP) is 1.13. The van der Waals surface area contributed by atoms with Gasteiger partial charge in [0.05, 0.1) is 6.07 Å². The van der Waals surface area contributed by atoms with Crippen LogP contribution in [-0.2, 0) is 15.3 Å². The third-order valence-electron chi connectivity index (χ3n) is 4.69. The fourth-order valence-corrected chi connectivity index (χ4v) is 3.49. The van der Waals surface area contributed by atoms with E-state index in [1.165, 1.54) is 30.3 Å². The zero-order valence-corrected chi connectivity index (χ0v) is 13.6. The van der Waals surface area contributed by atoms with E-state index in [-0.39, 0.29) is 11.1 Å². The summed E-state index contributed by atoms with van der Waals surface area (Å²) in [6, 6.07) is 15.5. The van der Waals surface area contributed by atoms with Crippen molar-refractivity contribution in [1.29, 1.82) is 5.26 Å². The summed E-state index contributed by atoms with van der Waals surface area (Å²) in [5, 5.41) is 23.3. The number of nitrogens with one attached hydrogen (secondary N) is 1. The normalized spacial score (nSPS) is 28.0. The molecule has 0 aliphatic carbocycles. The lowest BCUT2D eigenvalue weighted by Gasteiger charge is -2.44. The number of benzene rings is 2. The molecule has 0 saturated carbocycles. The maximum Gasteiger partial charge on any atom is 0.235 e. The van der Waals surface area contributed by atoms with E-state index in [4.69, 9.17) is 5.73 Å². The Labute approximate surface area is 149 Å². The molecule has 0 aromatic heterocycles. The van der Waals surface area contributed by atoms with Crippen LogP contribution in [0.25, 0.3) is 0 Å². The molecule has 0 unspecified atom stereocenters. The lowest BCUT2D eigenvalue weighted by atomic mass is 9.67. The van der Waals surface area contributed by atoms with E-state index in [1.807, 2.05) is 6.07 Å². The van der Waals surface area contributed by atoms with Crippen LogP contribution >= 0.6 is 0 Å². The molecule has 2 amide bonds. The molecule has 1 heterocycles. The number of rotatable bonds is 3. The van der Waals surface area contributed by atoms with Crippen molar-refractivity contribution in [3.05, 3.63) is 71.5 Å². The molecular formula is C19H16FN3O3. The predicted molar refractivity (Wildman–Crippen MR) is 89.4 cm³/mol. The Bertz CT molecular complexity index is 896. The SMILES string of the molecule is N#C[C@@H]1[C@H](c2ccccc2F)[C@H](C(N)=O)C(=O)N[C@]1(O)c1ccccc1. The van der Waals surface area contributed by atoms with Gasteiger partial charge in [0.15, 0.2) is 5.72 Å². The number of hydrogen-bond donors (Lipinski definition) is 3. The molecule has 2 aromatic carbocycles. The number of nitrogens with zero attached hydrogens (tertiary/aromatic N) is 1. The van der Waals surface area contributed by atoms with Gasteiger partial charge < -0.3 is 16.2 Å². The summed E-state index contributed by atoms with van der Waals surface area (Å²) < 4.78 is 14.4. The first-order valence-corrected chi connectivity index (χ1v) is 7.93. The number of nitrogens with two attached hydrogens (primary N) is 1. The maximum absolute atomic E-state index is 14.4. The van der Waals surface area contributed by atoms with Gasteiger partial charge in [-0.3, -0.25) is 9.59 Å². The quantitative estimate of drug-likeness (QED) is 0.717. The molecule has 0 radical (unpaired) electrons. The summed E-state index contributed by atoms with van der Waals surface area (Å²) in [4.78, 5) is 24.5. The molecule has 132 valence electrons. The zero-order chi connectivity index (χ0) is 18.9. The van der Waals surface area contributed by atoms with Crippen molar-refractivity contribution in [3.8, 4) is 6.07 Å². The first-order valence-electron chi connectivity index (χ1n) is 7.93. The summed E-state index contributed by atoms with van der Waals surface area (Å²) >= 11 is 0. The van der Waals surface area contributed by atoms with Crippen LogP contribution < -0.4 is 11.1 Å². The molecule has 0 bridgehead atoms. The van der Waals surface area contributed by atoms with Crippen molar-refractivity contribution in [2.45, 2.75) is 11.6 Å². The van der Waals surface area contributed by atoms with E-state index in [1.54, 1.807) is 18.2 Å². The van der Waals surface area contributed by atoms with E-state index in [0.29, 0.717) is 0 Å². The summed E-state index contributed by atoms with van der Waals surface area (Å²) in [6.07, 6.45) is 0. The number of amides is 2. The number of carbonyl (C=O) groups is 2. The van der Waals surface area contributed by atoms with Crippen LogP contribution in [0.15, 0.2) is 54.6 Å². The number of halogens is 1. The Morgan fingerprint density at radius 1 is 1.19 bits per heavy atom. The molecule has 7 heteroatoms. The third-order valence-corrected chi connectivity index (χ3v) is 4.69. The summed E-state index contributed by atoms with van der Waals surface area (Å²) in [7, 11) is 0. The van der Waals surface area contributed by atoms with Gasteiger partial charge in [-0.2, -0.15) is 5.26 Å². The second kappa shape index (κ2) is 6.58. The molecule has 1 fully saturated rings. The van der Waals surface area contributed by atoms with Crippen LogP contribution in [-0.4, -0.2) is 16.9 Å². The largest absolute Gasteiger partial charge is 0.369 e. The molecular weight excluding hydrogens is 337 g/mol. The second-order valence-corrected chi connectivity index (χ2v) is 6.16. The van der Waals surface area contributed by atoms with Crippen LogP contribution in [0.1, 0.15) is 17.0 Å². The molecule has 0 spiro atoms. The standard InChI is InChI=1S/C19H16FN3O3/c20-14-9-5-4-8-12(14)15-13(10-21)19(26,11-6-2-1-3-7-11)23-18(25)16(15)17(22)24/h1-9,13,15-16,26H,(H2,22,24)(H,23,25)/t13-,15+,16-,19+/m1/s1. The van der Waals surface area contributed by atoms with Crippen molar-refractivity contribution < 1.29 is 19.1 Å². The monoisotopic (exact) mass is 353 g/mol. The highest BCUT2D eigenvalue weighted by Gasteiger charge is 2.56. The number of carbonyl (C=O) groups excluding carboxylic acids is 2. The van der Waals surface area contributed by atoms with Crippen LogP contribution in [0, 0.1) is 29.0 Å². The first kappa shape index (κ1) is 17.6. The Balaban J connectivity index is 2.22. The Morgan fingerprint density at radius 2 is 1.81 bits per heavy atom. The molecule has 6 nitrogen and oxygen atoms in total. The van der Waals surface area contributed by atoms with Crippen molar-refractivity contribution in [1.82, 2.24) is 5.32 Å². The van der Waals surface area contributed by atoms with E-state index in [0.717, 1.165) is 6.07 Å². The minimum Gasteiger partial charge on any atom is -0.369 e. The fraction of sp³-hybridized carbons (Fsp3) is 0.211. The molecule has 4 N–H and O–H groups in total. The van der Waals surface area contributed by atoms with Gasteiger partial charge in [0, 0.05) is 11.5 Å². The van der Waals surface area contributed by atoms with Gasteiger partial charge in [-0.25, -0.2) is 4.39 Å². The Hall–Kier alpha value is -3.24. The van der Waals surface area contributed by atoms with Crippen LogP contribution in [0.3, 0.4) is 0 Å². The smallest absolute Gasteiger partial charge is 0.235 e.